The summed E-state index contributed by atoms with van der Waals surface area (Å²) in [6, 6.07) is 8.65. The second-order valence-corrected chi connectivity index (χ2v) is 8.37. The van der Waals surface area contributed by atoms with Crippen molar-refractivity contribution in [3.05, 3.63) is 45.3 Å². The molecule has 0 aliphatic carbocycles. The standard InChI is InChI=1S/C19H14BrNO5S2/c1-2-24-15-6-10(5-12(20)17(15)22)7-16-18(23)21(19(27)28-16)11-3-4-13-14(8-11)26-9-25-13/h3-8,22H,2,9H2,1H3/b16-7+. The molecule has 1 fully saturated rings. The molecule has 4 rings (SSSR count). The summed E-state index contributed by atoms with van der Waals surface area (Å²) in [5.41, 5.74) is 1.33. The molecular weight excluding hydrogens is 466 g/mol. The Kier molecular flexibility index (Phi) is 5.22. The number of fused-ring (bicyclic) bond motifs is 1. The number of thioether (sulfide) groups is 1. The van der Waals surface area contributed by atoms with E-state index in [2.05, 4.69) is 15.9 Å². The maximum atomic E-state index is 13.0. The first-order chi connectivity index (χ1) is 13.5. The van der Waals surface area contributed by atoms with Gasteiger partial charge in [-0.15, -0.1) is 0 Å². The maximum Gasteiger partial charge on any atom is 0.270 e. The molecule has 2 aromatic carbocycles. The van der Waals surface area contributed by atoms with E-state index in [1.807, 2.05) is 6.92 Å². The summed E-state index contributed by atoms with van der Waals surface area (Å²) in [6.07, 6.45) is 1.72. The molecule has 28 heavy (non-hydrogen) atoms. The lowest BCUT2D eigenvalue weighted by molar-refractivity contribution is -0.113. The van der Waals surface area contributed by atoms with E-state index in [1.54, 1.807) is 36.4 Å². The van der Waals surface area contributed by atoms with E-state index >= 15 is 0 Å². The van der Waals surface area contributed by atoms with Crippen molar-refractivity contribution in [3.8, 4) is 23.0 Å². The average Bonchev–Trinajstić information content (AvgIpc) is 3.23. The van der Waals surface area contributed by atoms with Crippen LogP contribution in [-0.2, 0) is 4.79 Å². The summed E-state index contributed by atoms with van der Waals surface area (Å²) in [5.74, 6) is 1.36. The highest BCUT2D eigenvalue weighted by atomic mass is 79.9. The number of anilines is 1. The van der Waals surface area contributed by atoms with Gasteiger partial charge in [0.2, 0.25) is 6.79 Å². The smallest absolute Gasteiger partial charge is 0.270 e. The van der Waals surface area contributed by atoms with Crippen molar-refractivity contribution in [3.63, 3.8) is 0 Å². The van der Waals surface area contributed by atoms with Crippen LogP contribution in [0.1, 0.15) is 12.5 Å². The number of benzene rings is 2. The molecule has 2 aliphatic heterocycles. The fourth-order valence-corrected chi connectivity index (χ4v) is 4.57. The third-order valence-corrected chi connectivity index (χ3v) is 5.96. The van der Waals surface area contributed by atoms with Gasteiger partial charge in [0.25, 0.3) is 5.91 Å². The van der Waals surface area contributed by atoms with Gasteiger partial charge in [0.05, 0.1) is 21.7 Å². The molecule has 0 atom stereocenters. The maximum absolute atomic E-state index is 13.0. The zero-order chi connectivity index (χ0) is 19.8. The van der Waals surface area contributed by atoms with Gasteiger partial charge in [-0.1, -0.05) is 24.0 Å². The van der Waals surface area contributed by atoms with Crippen molar-refractivity contribution in [2.45, 2.75) is 6.92 Å². The van der Waals surface area contributed by atoms with Crippen LogP contribution in [0, 0.1) is 0 Å². The molecule has 0 unspecified atom stereocenters. The topological polar surface area (TPSA) is 68.2 Å². The Hall–Kier alpha value is -2.23. The quantitative estimate of drug-likeness (QED) is 0.503. The van der Waals surface area contributed by atoms with E-state index in [9.17, 15) is 9.90 Å². The average molecular weight is 480 g/mol. The summed E-state index contributed by atoms with van der Waals surface area (Å²) >= 11 is 9.94. The molecule has 2 aromatic rings. The Bertz CT molecular complexity index is 1020. The van der Waals surface area contributed by atoms with Gasteiger partial charge >= 0.3 is 0 Å². The molecule has 0 radical (unpaired) electrons. The number of hydrogen-bond acceptors (Lipinski definition) is 7. The molecule has 0 aromatic heterocycles. The number of rotatable bonds is 4. The zero-order valence-corrected chi connectivity index (χ0v) is 17.8. The fourth-order valence-electron chi connectivity index (χ4n) is 2.81. The van der Waals surface area contributed by atoms with Gasteiger partial charge in [-0.3, -0.25) is 9.69 Å². The van der Waals surface area contributed by atoms with Gasteiger partial charge in [0.15, 0.2) is 27.3 Å². The largest absolute Gasteiger partial charge is 0.503 e. The first kappa shape index (κ1) is 19.1. The van der Waals surface area contributed by atoms with Crippen LogP contribution in [0.4, 0.5) is 5.69 Å². The monoisotopic (exact) mass is 479 g/mol. The Morgan fingerprint density at radius 3 is 2.89 bits per heavy atom. The SMILES string of the molecule is CCOc1cc(/C=C2/SC(=S)N(c3ccc4c(c3)OCO4)C2=O)cc(Br)c1O. The summed E-state index contributed by atoms with van der Waals surface area (Å²) in [5, 5.41) is 10.1. The predicted octanol–water partition coefficient (Wildman–Crippen LogP) is 4.69. The second kappa shape index (κ2) is 7.65. The highest BCUT2D eigenvalue weighted by Crippen LogP contribution is 2.42. The first-order valence-electron chi connectivity index (χ1n) is 8.31. The molecule has 1 N–H and O–H groups in total. The number of carbonyl (C=O) groups is 1. The number of phenolic OH excluding ortho intramolecular Hbond substituents is 1. The molecule has 6 nitrogen and oxygen atoms in total. The minimum atomic E-state index is -0.226. The molecule has 0 bridgehead atoms. The molecule has 1 amide bonds. The number of hydrogen-bond donors (Lipinski definition) is 1. The van der Waals surface area contributed by atoms with E-state index in [1.165, 1.54) is 16.7 Å². The number of nitrogens with zero attached hydrogens (tertiary/aromatic N) is 1. The lowest BCUT2D eigenvalue weighted by Crippen LogP contribution is -2.27. The molecule has 0 saturated carbocycles. The minimum absolute atomic E-state index is 0.0203. The summed E-state index contributed by atoms with van der Waals surface area (Å²) in [7, 11) is 0. The number of phenols is 1. The number of amides is 1. The van der Waals surface area contributed by atoms with Crippen LogP contribution in [0.5, 0.6) is 23.0 Å². The molecule has 1 saturated heterocycles. The summed E-state index contributed by atoms with van der Waals surface area (Å²) < 4.78 is 17.0. The highest BCUT2D eigenvalue weighted by molar-refractivity contribution is 9.10. The van der Waals surface area contributed by atoms with E-state index in [-0.39, 0.29) is 18.4 Å². The summed E-state index contributed by atoms with van der Waals surface area (Å²) in [4.78, 5) is 14.9. The zero-order valence-electron chi connectivity index (χ0n) is 14.6. The normalized spacial score (nSPS) is 16.9. The Balaban J connectivity index is 1.66. The van der Waals surface area contributed by atoms with Crippen molar-refractivity contribution in [1.82, 2.24) is 0 Å². The molecule has 0 spiro atoms. The van der Waals surface area contributed by atoms with Crippen molar-refractivity contribution < 1.29 is 24.1 Å². The third kappa shape index (κ3) is 3.45. The Morgan fingerprint density at radius 2 is 2.11 bits per heavy atom. The van der Waals surface area contributed by atoms with E-state index in [0.29, 0.717) is 48.8 Å². The van der Waals surface area contributed by atoms with Crippen molar-refractivity contribution in [2.75, 3.05) is 18.3 Å². The number of ether oxygens (including phenoxy) is 3. The minimum Gasteiger partial charge on any atom is -0.503 e. The molecule has 144 valence electrons. The highest BCUT2D eigenvalue weighted by Gasteiger charge is 2.34. The van der Waals surface area contributed by atoms with E-state index < -0.39 is 0 Å². The lowest BCUT2D eigenvalue weighted by Gasteiger charge is -2.14. The third-order valence-electron chi connectivity index (χ3n) is 4.06. The number of aromatic hydroxyl groups is 1. The van der Waals surface area contributed by atoms with Gasteiger partial charge in [0.1, 0.15) is 0 Å². The van der Waals surface area contributed by atoms with Crippen LogP contribution in [0.15, 0.2) is 39.7 Å². The van der Waals surface area contributed by atoms with E-state index in [0.717, 1.165) is 0 Å². The molecule has 9 heteroatoms. The van der Waals surface area contributed by atoms with Gasteiger partial charge < -0.3 is 19.3 Å². The van der Waals surface area contributed by atoms with Gasteiger partial charge in [-0.25, -0.2) is 0 Å². The van der Waals surface area contributed by atoms with Crippen molar-refractivity contribution in [1.29, 1.82) is 0 Å². The number of thiocarbonyl (C=S) groups is 1. The van der Waals surface area contributed by atoms with Gasteiger partial charge in [0, 0.05) is 6.07 Å². The lowest BCUT2D eigenvalue weighted by atomic mass is 10.1. The van der Waals surface area contributed by atoms with Crippen LogP contribution < -0.4 is 19.1 Å². The molecule has 2 heterocycles. The predicted molar refractivity (Wildman–Crippen MR) is 115 cm³/mol. The first-order valence-corrected chi connectivity index (χ1v) is 10.3. The van der Waals surface area contributed by atoms with E-state index in [4.69, 9.17) is 26.4 Å². The van der Waals surface area contributed by atoms with Crippen LogP contribution in [0.3, 0.4) is 0 Å². The van der Waals surface area contributed by atoms with Crippen LogP contribution in [0.2, 0.25) is 0 Å². The Morgan fingerprint density at radius 1 is 1.32 bits per heavy atom. The molecule has 2 aliphatic rings. The van der Waals surface area contributed by atoms with Crippen LogP contribution in [0.25, 0.3) is 6.08 Å². The molecular formula is C19H14BrNO5S2. The second-order valence-electron chi connectivity index (χ2n) is 5.84. The van der Waals surface area contributed by atoms with Crippen LogP contribution in [-0.4, -0.2) is 28.7 Å². The number of halogens is 1. The van der Waals surface area contributed by atoms with Gasteiger partial charge in [-0.2, -0.15) is 0 Å². The van der Waals surface area contributed by atoms with Crippen molar-refractivity contribution in [2.24, 2.45) is 0 Å². The Labute approximate surface area is 179 Å². The fraction of sp³-hybridized carbons (Fsp3) is 0.158. The van der Waals surface area contributed by atoms with Crippen LogP contribution >= 0.6 is 39.9 Å². The summed E-state index contributed by atoms with van der Waals surface area (Å²) in [6.45, 7) is 2.40. The van der Waals surface area contributed by atoms with Crippen molar-refractivity contribution >= 4 is 61.9 Å². The van der Waals surface area contributed by atoms with Gasteiger partial charge in [-0.05, 0) is 58.8 Å². The number of carbonyl (C=O) groups excluding carboxylic acids is 1.